The van der Waals surface area contributed by atoms with Gasteiger partial charge in [0.05, 0.1) is 87.8 Å². The van der Waals surface area contributed by atoms with Gasteiger partial charge in [-0.15, -0.1) is 0 Å². The molecule has 2 N–H and O–H groups in total. The molecule has 10 aliphatic rings. The Balaban J connectivity index is 0.000000164. The van der Waals surface area contributed by atoms with Crippen molar-refractivity contribution in [2.75, 3.05) is 20.1 Å². The molecule has 0 radical (unpaired) electrons. The number of nitrogens with one attached hydrogen (secondary N) is 2. The molecule has 10 fully saturated rings. The van der Waals surface area contributed by atoms with Gasteiger partial charge in [0.2, 0.25) is 0 Å². The molecule has 5 aliphatic heterocycles. The number of likely N-dealkylation sites (N-methyl/N-ethyl adjacent to an activating group) is 1. The van der Waals surface area contributed by atoms with Crippen molar-refractivity contribution in [2.24, 2.45) is 59.2 Å². The van der Waals surface area contributed by atoms with Crippen LogP contribution in [0.1, 0.15) is 118 Å². The normalized spacial score (nSPS) is 25.1. The molecule has 21 atom stereocenters. The summed E-state index contributed by atoms with van der Waals surface area (Å²) in [6, 6.07) is 24.7. The maximum absolute atomic E-state index is 12.7. The molecule has 17 rings (SSSR count). The minimum absolute atomic E-state index is 0.201. The number of carbonyl (C=O) groups is 16. The summed E-state index contributed by atoms with van der Waals surface area (Å²) in [7, 11) is -2.55. The van der Waals surface area contributed by atoms with Gasteiger partial charge in [-0.1, -0.05) is 0 Å². The minimum Gasteiger partial charge on any atom is -0.550 e. The van der Waals surface area contributed by atoms with Crippen LogP contribution in [0.15, 0.2) is 84.9 Å². The number of esters is 6. The predicted octanol–water partition coefficient (Wildman–Crippen LogP) is 10.1. The van der Waals surface area contributed by atoms with Crippen LogP contribution in [0, 0.1) is 134 Å². The Kier molecular flexibility index (Phi) is 48.9. The summed E-state index contributed by atoms with van der Waals surface area (Å²) < 4.78 is 86.5. The first-order chi connectivity index (χ1) is 68.6. The van der Waals surface area contributed by atoms with Crippen molar-refractivity contribution in [1.29, 1.82) is 0 Å². The van der Waals surface area contributed by atoms with Crippen molar-refractivity contribution in [2.45, 2.75) is 112 Å². The first-order valence-corrected chi connectivity index (χ1v) is 65.9. The molecular weight excluding hydrogens is 4340 g/mol. The number of halogens is 21. The monoisotopic (exact) mass is 4390 g/mol. The average Bonchev–Trinajstić information content (AvgIpc) is 1.53. The van der Waals surface area contributed by atoms with Crippen molar-refractivity contribution < 1.29 is 158 Å². The lowest BCUT2D eigenvalue weighted by Gasteiger charge is -2.32. The second-order valence-corrected chi connectivity index (χ2v) is 59.4. The second-order valence-electron chi connectivity index (χ2n) is 33.3. The lowest BCUT2D eigenvalue weighted by Crippen LogP contribution is -2.51. The number of fused-ring (bicyclic) bond motifs is 3. The molecule has 5 saturated carbocycles. The zero-order chi connectivity index (χ0) is 109. The first-order valence-electron chi connectivity index (χ1n) is 41.8. The molecule has 5 heterocycles. The number of amides is 3. The van der Waals surface area contributed by atoms with Crippen molar-refractivity contribution in [3.05, 3.63) is 199 Å². The molecule has 147 heavy (non-hydrogen) atoms. The zero-order valence-corrected chi connectivity index (χ0v) is 119. The van der Waals surface area contributed by atoms with Crippen molar-refractivity contribution in [3.8, 4) is 0 Å². The SMILES string of the molecule is CC(NC(=O)c1cc(I)cc(I)c1I)C(=O)[O-].CN(CC(=O)[O-])C(=O)c1cc(I)cc(I)c1I.O=C(OC1C2CC3C1OC(=O)C3C2C(=O)[O-])c1cc(I)cc(I)c1I.O=C(OC1C2CC3C1OS(=O)(=O)C3C2C(=O)[O-])c1cc(I)cc(I)c1I.O=C(OC1C2OC(=O)C3C2OC1C3C(=O)[O-])c1cc(I)cc(I)c1I.O=C(OC1CCCC(C(=O)[O-])C1)c1cc(I)cc(I)c1I.O=C([O-])CNC(=O)c1cc(I)cc(I)c1I. The zero-order valence-electron chi connectivity index (χ0n) is 73.1. The minimum atomic E-state index is -4.00. The van der Waals surface area contributed by atoms with Crippen LogP contribution in [-0.4, -0.2) is 195 Å². The average molecular weight is 4400 g/mol. The van der Waals surface area contributed by atoms with Gasteiger partial charge in [0.25, 0.3) is 27.8 Å². The van der Waals surface area contributed by atoms with E-state index in [1.165, 1.54) is 14.0 Å². The first kappa shape index (κ1) is 128. The van der Waals surface area contributed by atoms with Crippen molar-refractivity contribution >= 4 is 580 Å². The molecule has 7 aromatic carbocycles. The number of hydrogen-bond donors (Lipinski definition) is 2. The van der Waals surface area contributed by atoms with Gasteiger partial charge in [0.15, 0.2) is 12.2 Å². The van der Waals surface area contributed by atoms with Crippen LogP contribution >= 0.6 is 474 Å². The van der Waals surface area contributed by atoms with E-state index in [2.05, 4.69) is 462 Å². The number of nitrogens with zero attached hydrogens (tertiary/aromatic N) is 1. The van der Waals surface area contributed by atoms with Gasteiger partial charge >= 0.3 is 35.8 Å². The van der Waals surface area contributed by atoms with Gasteiger partial charge in [0, 0.05) is 153 Å². The number of rotatable bonds is 21. The molecule has 7 aromatic rings. The van der Waals surface area contributed by atoms with E-state index in [0.717, 1.165) is 86.3 Å². The predicted molar refractivity (Wildman–Crippen MR) is 679 cm³/mol. The Morgan fingerprint density at radius 3 is 1.16 bits per heavy atom. The molecule has 58 heteroatoms. The van der Waals surface area contributed by atoms with E-state index in [1.807, 2.05) is 65.1 Å². The Bertz CT molecular complexity index is 6560. The molecule has 0 spiro atoms. The van der Waals surface area contributed by atoms with Crippen LogP contribution in [-0.2, 0) is 90.6 Å². The summed E-state index contributed by atoms with van der Waals surface area (Å²) >= 11 is 44.3. The highest BCUT2D eigenvalue weighted by Gasteiger charge is 2.72. The third-order valence-electron chi connectivity index (χ3n) is 24.1. The molecule has 21 unspecified atom stereocenters. The lowest BCUT2D eigenvalue weighted by molar-refractivity contribution is -0.316. The summed E-state index contributed by atoms with van der Waals surface area (Å²) in [4.78, 5) is 188. The molecule has 6 bridgehead atoms. The summed E-state index contributed by atoms with van der Waals surface area (Å²) in [6.45, 7) is 0.493. The van der Waals surface area contributed by atoms with Crippen LogP contribution < -0.4 is 46.4 Å². The van der Waals surface area contributed by atoms with Crippen LogP contribution in [0.3, 0.4) is 0 Å². The highest BCUT2D eigenvalue weighted by molar-refractivity contribution is 14.1. The quantitative estimate of drug-likeness (QED) is 0.0222. The Morgan fingerprint density at radius 1 is 0.388 bits per heavy atom. The third kappa shape index (κ3) is 31.3. The van der Waals surface area contributed by atoms with Gasteiger partial charge in [-0.2, -0.15) is 8.42 Å². The van der Waals surface area contributed by atoms with E-state index in [0.29, 0.717) is 71.0 Å². The number of carbonyl (C=O) groups excluding carboxylic acids is 16. The van der Waals surface area contributed by atoms with E-state index in [4.69, 9.17) is 37.3 Å². The summed E-state index contributed by atoms with van der Waals surface area (Å²) in [6.07, 6.45) is -3.39. The van der Waals surface area contributed by atoms with Crippen LogP contribution in [0.4, 0.5) is 0 Å². The highest BCUT2D eigenvalue weighted by atomic mass is 127. The smallest absolute Gasteiger partial charge is 0.339 e. The lowest BCUT2D eigenvalue weighted by atomic mass is 9.78. The highest BCUT2D eigenvalue weighted by Crippen LogP contribution is 2.61. The number of hydrogen-bond acceptors (Lipinski definition) is 33. The molecule has 0 aromatic heterocycles. The second kappa shape index (κ2) is 56.0. The van der Waals surface area contributed by atoms with Gasteiger partial charge in [0.1, 0.15) is 48.0 Å². The van der Waals surface area contributed by atoms with Crippen LogP contribution in [0.25, 0.3) is 0 Å². The van der Waals surface area contributed by atoms with E-state index < -0.39 is 220 Å². The van der Waals surface area contributed by atoms with Gasteiger partial charge in [-0.05, 0) is 605 Å². The topological polar surface area (TPSA) is 570 Å². The van der Waals surface area contributed by atoms with Crippen LogP contribution in [0.2, 0.25) is 0 Å². The Morgan fingerprint density at radius 2 is 0.748 bits per heavy atom. The van der Waals surface area contributed by atoms with Crippen LogP contribution in [0.5, 0.6) is 0 Å². The Hall–Kier alpha value is 1.26. The molecular formula is C89H59I21N3O33S-7. The maximum atomic E-state index is 12.7. The number of ether oxygens (including phenoxy) is 7. The van der Waals surface area contributed by atoms with E-state index in [-0.39, 0.29) is 23.9 Å². The number of carboxylic acids is 7. The van der Waals surface area contributed by atoms with Crippen molar-refractivity contribution in [3.63, 3.8) is 0 Å². The van der Waals surface area contributed by atoms with Gasteiger partial charge < -0.3 is 118 Å². The fourth-order valence-corrected chi connectivity index (χ4v) is 36.7. The largest absolute Gasteiger partial charge is 0.550 e. The van der Waals surface area contributed by atoms with E-state index >= 15 is 0 Å². The van der Waals surface area contributed by atoms with E-state index in [9.17, 15) is 121 Å². The van der Waals surface area contributed by atoms with Gasteiger partial charge in [-0.25, -0.2) is 19.2 Å². The standard InChI is InChI=1S/C16H11I3O6.C15H11I3O7S.C15H9I3O7.C14H13I3O4.2C10H8I3NO3.C9H6I3NO3/c17-4-1-7(11(19)8(18)2-4)15(22)24-12-5-3-6-10(9(5)14(20)21)16(23)25-13(6)12;16-4-1-6(10(18)8(17)2-4)15(21)24-11-5-3-7-12(11)25-26(22,23)13(7)9(5)14(19)20;16-3-1-4(8(18)5(17)2-3)14(21)24-11-9-6(13(19)20)7-10(23-9)12(11)25-15(7)22;15-8-5-10(12(17)11(16)6-8)14(20)21-9-3-1-2-7(4-9)13(18)19;1-14(4-8(15)16)10(17)6-2-5(11)3-7(12)9(6)13;1-4(10(16)17)14-9(15)6-2-5(11)3-7(12)8(6)13;10-4-1-5(8(12)6(11)2-4)9(16)13-3-7(14)15/h1-2,5-6,9-10,12-13H,3H2,(H,20,21);1-2,5,7,9,11-13H,3H2,(H,19,20);1-2,6-7,9-12H,(H,19,20);5-7,9H,1-4H2,(H,18,19);2-3H,4H2,1H3,(H,15,16);2-4H,1H3,(H,14,15)(H,16,17);1-2H,3H2,(H,13,16)(H,14,15)/p-7. The summed E-state index contributed by atoms with van der Waals surface area (Å²) in [5.41, 5.74) is 3.21. The maximum Gasteiger partial charge on any atom is 0.339 e. The molecule has 3 amide bonds. The summed E-state index contributed by atoms with van der Waals surface area (Å²) in [5, 5.41) is 80.2. The fraction of sp³-hybridized carbons (Fsp3) is 0.348. The number of benzene rings is 7. The van der Waals surface area contributed by atoms with E-state index in [1.54, 1.807) is 42.5 Å². The molecule has 5 aliphatic carbocycles. The van der Waals surface area contributed by atoms with Gasteiger partial charge in [-0.3, -0.25) is 28.2 Å². The third-order valence-corrected chi connectivity index (χ3v) is 51.6. The summed E-state index contributed by atoms with van der Waals surface area (Å²) in [5.74, 6) is -20.4. The fourth-order valence-electron chi connectivity index (χ4n) is 17.9. The molecule has 788 valence electrons. The number of aliphatic carboxylic acids is 7. The Labute approximate surface area is 1120 Å². The molecule has 5 saturated heterocycles. The molecule has 36 nitrogen and oxygen atoms in total. The van der Waals surface area contributed by atoms with Crippen molar-refractivity contribution in [1.82, 2.24) is 15.5 Å². The number of carboxylic acid groups (broad SMARTS) is 7.